The molecule has 0 radical (unpaired) electrons. The van der Waals surface area contributed by atoms with Crippen LogP contribution in [0.15, 0.2) is 59.1 Å². The molecule has 28 heavy (non-hydrogen) atoms. The van der Waals surface area contributed by atoms with Gasteiger partial charge >= 0.3 is 0 Å². The van der Waals surface area contributed by atoms with Crippen LogP contribution in [0.3, 0.4) is 0 Å². The fourth-order valence-electron chi connectivity index (χ4n) is 2.58. The van der Waals surface area contributed by atoms with Crippen molar-refractivity contribution in [2.75, 3.05) is 18.6 Å². The normalized spacial score (nSPS) is 12.7. The Hall–Kier alpha value is -1.99. The highest BCUT2D eigenvalue weighted by Crippen LogP contribution is 2.18. The van der Waals surface area contributed by atoms with Gasteiger partial charge in [0.15, 0.2) is 6.61 Å². The van der Waals surface area contributed by atoms with Crippen molar-refractivity contribution in [2.45, 2.75) is 25.4 Å². The van der Waals surface area contributed by atoms with Crippen molar-refractivity contribution < 1.29 is 14.3 Å². The third kappa shape index (κ3) is 7.56. The molecular formula is C21H25BrN2O3S. The van der Waals surface area contributed by atoms with Crippen molar-refractivity contribution in [3.63, 3.8) is 0 Å². The number of hydrogen-bond acceptors (Lipinski definition) is 4. The average Bonchev–Trinajstić information content (AvgIpc) is 2.70. The molecule has 0 aliphatic rings. The lowest BCUT2D eigenvalue weighted by atomic mass is 10.1. The minimum absolute atomic E-state index is 0.131. The largest absolute Gasteiger partial charge is 0.484 e. The van der Waals surface area contributed by atoms with Crippen LogP contribution < -0.4 is 15.4 Å². The molecule has 0 heterocycles. The molecule has 7 heteroatoms. The van der Waals surface area contributed by atoms with Gasteiger partial charge in [0.1, 0.15) is 11.8 Å². The number of nitrogens with one attached hydrogen (secondary N) is 2. The van der Waals surface area contributed by atoms with E-state index in [0.29, 0.717) is 12.2 Å². The summed E-state index contributed by atoms with van der Waals surface area (Å²) in [5, 5.41) is 5.78. The standard InChI is InChI=1S/C21H25BrN2O3S/c1-15(16-7-6-8-17(22)13-16)23-21(26)19(11-12-28-2)24-20(25)14-27-18-9-4-3-5-10-18/h3-10,13,15,19H,11-12,14H2,1-2H3,(H,23,26)(H,24,25). The van der Waals surface area contributed by atoms with Gasteiger partial charge in [-0.15, -0.1) is 0 Å². The number of carbonyl (C=O) groups excluding carboxylic acids is 2. The summed E-state index contributed by atoms with van der Waals surface area (Å²) in [4.78, 5) is 25.0. The molecule has 2 rings (SSSR count). The maximum Gasteiger partial charge on any atom is 0.258 e. The Balaban J connectivity index is 1.93. The summed E-state index contributed by atoms with van der Waals surface area (Å²) < 4.78 is 6.42. The second-order valence-electron chi connectivity index (χ2n) is 6.29. The number of amides is 2. The van der Waals surface area contributed by atoms with Crippen molar-refractivity contribution in [3.05, 3.63) is 64.6 Å². The van der Waals surface area contributed by atoms with Crippen LogP contribution in [-0.2, 0) is 9.59 Å². The quantitative estimate of drug-likeness (QED) is 0.558. The minimum atomic E-state index is -0.603. The van der Waals surface area contributed by atoms with Crippen molar-refractivity contribution in [2.24, 2.45) is 0 Å². The van der Waals surface area contributed by atoms with Crippen LogP contribution in [0, 0.1) is 0 Å². The molecule has 0 saturated heterocycles. The van der Waals surface area contributed by atoms with Gasteiger partial charge in [-0.3, -0.25) is 9.59 Å². The molecule has 0 aromatic heterocycles. The molecule has 5 nitrogen and oxygen atoms in total. The van der Waals surface area contributed by atoms with E-state index in [4.69, 9.17) is 4.74 Å². The Labute approximate surface area is 178 Å². The summed E-state index contributed by atoms with van der Waals surface area (Å²) in [5.74, 6) is 0.865. The highest BCUT2D eigenvalue weighted by Gasteiger charge is 2.22. The lowest BCUT2D eigenvalue weighted by Gasteiger charge is -2.21. The van der Waals surface area contributed by atoms with Gasteiger partial charge in [0, 0.05) is 4.47 Å². The van der Waals surface area contributed by atoms with E-state index in [1.54, 1.807) is 23.9 Å². The first-order chi connectivity index (χ1) is 13.5. The molecule has 0 fully saturated rings. The fraction of sp³-hybridized carbons (Fsp3) is 0.333. The molecule has 2 amide bonds. The van der Waals surface area contributed by atoms with Crippen molar-refractivity contribution in [1.82, 2.24) is 10.6 Å². The summed E-state index contributed by atoms with van der Waals surface area (Å²) in [6, 6.07) is 16.1. The molecule has 0 bridgehead atoms. The van der Waals surface area contributed by atoms with E-state index in [9.17, 15) is 9.59 Å². The molecule has 2 N–H and O–H groups in total. The third-order valence-electron chi connectivity index (χ3n) is 4.08. The number of hydrogen-bond donors (Lipinski definition) is 2. The van der Waals surface area contributed by atoms with Gasteiger partial charge in [0.25, 0.3) is 5.91 Å². The molecule has 0 saturated carbocycles. The second kappa shape index (κ2) is 11.8. The first-order valence-electron chi connectivity index (χ1n) is 9.01. The number of carbonyl (C=O) groups is 2. The summed E-state index contributed by atoms with van der Waals surface area (Å²) >= 11 is 5.08. The van der Waals surface area contributed by atoms with Gasteiger partial charge in [-0.1, -0.05) is 46.3 Å². The Morgan fingerprint density at radius 3 is 2.54 bits per heavy atom. The van der Waals surface area contributed by atoms with E-state index < -0.39 is 6.04 Å². The van der Waals surface area contributed by atoms with Gasteiger partial charge in [0.05, 0.1) is 6.04 Å². The van der Waals surface area contributed by atoms with Crippen molar-refractivity contribution in [1.29, 1.82) is 0 Å². The van der Waals surface area contributed by atoms with Crippen LogP contribution in [0.2, 0.25) is 0 Å². The summed E-state index contributed by atoms with van der Waals surface area (Å²) in [6.45, 7) is 1.79. The molecule has 2 aromatic rings. The number of ether oxygens (including phenoxy) is 1. The Bertz CT molecular complexity index is 773. The maximum absolute atomic E-state index is 12.7. The number of para-hydroxylation sites is 1. The van der Waals surface area contributed by atoms with E-state index in [1.807, 2.05) is 55.6 Å². The molecular weight excluding hydrogens is 440 g/mol. The maximum atomic E-state index is 12.7. The number of thioether (sulfide) groups is 1. The molecule has 150 valence electrons. The van der Waals surface area contributed by atoms with Crippen LogP contribution in [-0.4, -0.2) is 36.5 Å². The highest BCUT2D eigenvalue weighted by atomic mass is 79.9. The number of halogens is 1. The molecule has 0 aliphatic carbocycles. The van der Waals surface area contributed by atoms with Crippen LogP contribution in [0.5, 0.6) is 5.75 Å². The number of rotatable bonds is 10. The molecule has 2 atom stereocenters. The monoisotopic (exact) mass is 464 g/mol. The first kappa shape index (κ1) is 22.3. The van der Waals surface area contributed by atoms with Crippen molar-refractivity contribution >= 4 is 39.5 Å². The zero-order valence-corrected chi connectivity index (χ0v) is 18.4. The Morgan fingerprint density at radius 1 is 1.11 bits per heavy atom. The van der Waals surface area contributed by atoms with E-state index in [0.717, 1.165) is 15.8 Å². The fourth-order valence-corrected chi connectivity index (χ4v) is 3.47. The van der Waals surface area contributed by atoms with Crippen LogP contribution in [0.4, 0.5) is 0 Å². The van der Waals surface area contributed by atoms with Gasteiger partial charge in [-0.2, -0.15) is 11.8 Å². The van der Waals surface area contributed by atoms with E-state index in [-0.39, 0.29) is 24.5 Å². The summed E-state index contributed by atoms with van der Waals surface area (Å²) in [5.41, 5.74) is 0.991. The Kier molecular flexibility index (Phi) is 9.37. The predicted octanol–water partition coefficient (Wildman–Crippen LogP) is 3.94. The van der Waals surface area contributed by atoms with Crippen LogP contribution in [0.1, 0.15) is 24.9 Å². The number of benzene rings is 2. The lowest BCUT2D eigenvalue weighted by molar-refractivity contribution is -0.130. The molecule has 0 spiro atoms. The second-order valence-corrected chi connectivity index (χ2v) is 8.19. The third-order valence-corrected chi connectivity index (χ3v) is 5.22. The van der Waals surface area contributed by atoms with Crippen LogP contribution >= 0.6 is 27.7 Å². The molecule has 2 unspecified atom stereocenters. The van der Waals surface area contributed by atoms with E-state index in [2.05, 4.69) is 26.6 Å². The zero-order chi connectivity index (χ0) is 20.4. The zero-order valence-electron chi connectivity index (χ0n) is 16.0. The smallest absolute Gasteiger partial charge is 0.258 e. The van der Waals surface area contributed by atoms with Gasteiger partial charge < -0.3 is 15.4 Å². The summed E-state index contributed by atoms with van der Waals surface area (Å²) in [7, 11) is 0. The molecule has 2 aromatic carbocycles. The highest BCUT2D eigenvalue weighted by molar-refractivity contribution is 9.10. The minimum Gasteiger partial charge on any atom is -0.484 e. The van der Waals surface area contributed by atoms with E-state index in [1.165, 1.54) is 0 Å². The average molecular weight is 465 g/mol. The lowest BCUT2D eigenvalue weighted by Crippen LogP contribution is -2.48. The summed E-state index contributed by atoms with van der Waals surface area (Å²) in [6.07, 6.45) is 2.52. The van der Waals surface area contributed by atoms with E-state index >= 15 is 0 Å². The SMILES string of the molecule is CSCCC(NC(=O)COc1ccccc1)C(=O)NC(C)c1cccc(Br)c1. The van der Waals surface area contributed by atoms with Gasteiger partial charge in [-0.05, 0) is 55.2 Å². The molecule has 0 aliphatic heterocycles. The van der Waals surface area contributed by atoms with Gasteiger partial charge in [0.2, 0.25) is 5.91 Å². The predicted molar refractivity (Wildman–Crippen MR) is 118 cm³/mol. The van der Waals surface area contributed by atoms with Gasteiger partial charge in [-0.25, -0.2) is 0 Å². The van der Waals surface area contributed by atoms with Crippen LogP contribution in [0.25, 0.3) is 0 Å². The van der Waals surface area contributed by atoms with Crippen molar-refractivity contribution in [3.8, 4) is 5.75 Å². The topological polar surface area (TPSA) is 67.4 Å². The first-order valence-corrected chi connectivity index (χ1v) is 11.2. The Morgan fingerprint density at radius 2 is 1.86 bits per heavy atom.